The summed E-state index contributed by atoms with van der Waals surface area (Å²) < 4.78 is 18.1. The fraction of sp³-hybridized carbons (Fsp3) is 0.368. The van der Waals surface area contributed by atoms with E-state index < -0.39 is 0 Å². The number of rotatable bonds is 3. The first-order valence-corrected chi connectivity index (χ1v) is 7.98. The zero-order chi connectivity index (χ0) is 16.7. The van der Waals surface area contributed by atoms with Gasteiger partial charge in [0.05, 0.1) is 11.2 Å². The van der Waals surface area contributed by atoms with Gasteiger partial charge in [0.15, 0.2) is 0 Å². The lowest BCUT2D eigenvalue weighted by molar-refractivity contribution is 0.00578. The molecule has 0 amide bonds. The Morgan fingerprint density at radius 1 is 0.826 bits per heavy atom. The fourth-order valence-corrected chi connectivity index (χ4v) is 2.57. The summed E-state index contributed by atoms with van der Waals surface area (Å²) in [7, 11) is -0.342. The molecule has 0 N–H and O–H groups in total. The van der Waals surface area contributed by atoms with Crippen molar-refractivity contribution in [2.45, 2.75) is 45.8 Å². The van der Waals surface area contributed by atoms with Gasteiger partial charge in [-0.25, -0.2) is 0 Å². The highest BCUT2D eigenvalue weighted by atomic mass is 16.7. The van der Waals surface area contributed by atoms with E-state index in [0.29, 0.717) is 0 Å². The van der Waals surface area contributed by atoms with Gasteiger partial charge in [0.2, 0.25) is 0 Å². The first kappa shape index (κ1) is 16.1. The Morgan fingerprint density at radius 2 is 1.43 bits per heavy atom. The summed E-state index contributed by atoms with van der Waals surface area (Å²) in [5.74, 6) is 1.64. The van der Waals surface area contributed by atoms with Crippen LogP contribution in [0.15, 0.2) is 48.5 Å². The van der Waals surface area contributed by atoms with E-state index >= 15 is 0 Å². The van der Waals surface area contributed by atoms with Gasteiger partial charge in [0.25, 0.3) is 0 Å². The molecule has 120 valence electrons. The lowest BCUT2D eigenvalue weighted by atomic mass is 9.76. The van der Waals surface area contributed by atoms with Crippen molar-refractivity contribution in [1.82, 2.24) is 0 Å². The minimum Gasteiger partial charge on any atom is -0.457 e. The molecule has 0 aromatic heterocycles. The highest BCUT2D eigenvalue weighted by molar-refractivity contribution is 6.62. The number of para-hydroxylation sites is 1. The SMILES string of the molecule is Cc1cc(Oc2ccccc2)ccc1B1OC(C)(C)C(C)(C)O1. The van der Waals surface area contributed by atoms with E-state index in [1.165, 1.54) is 0 Å². The minimum absolute atomic E-state index is 0.330. The van der Waals surface area contributed by atoms with Crippen LogP contribution in [0.4, 0.5) is 0 Å². The van der Waals surface area contributed by atoms with Crippen molar-refractivity contribution < 1.29 is 14.0 Å². The average Bonchev–Trinajstić information content (AvgIpc) is 2.68. The number of ether oxygens (including phenoxy) is 1. The van der Waals surface area contributed by atoms with Crippen molar-refractivity contribution in [3.05, 3.63) is 54.1 Å². The van der Waals surface area contributed by atoms with Crippen LogP contribution in [-0.4, -0.2) is 18.3 Å². The Hall–Kier alpha value is -1.78. The quantitative estimate of drug-likeness (QED) is 0.799. The van der Waals surface area contributed by atoms with Gasteiger partial charge < -0.3 is 14.0 Å². The normalized spacial score (nSPS) is 18.9. The van der Waals surface area contributed by atoms with E-state index in [0.717, 1.165) is 22.5 Å². The zero-order valence-corrected chi connectivity index (χ0v) is 14.4. The second-order valence-electron chi connectivity index (χ2n) is 7.02. The van der Waals surface area contributed by atoms with Crippen LogP contribution in [0.3, 0.4) is 0 Å². The highest BCUT2D eigenvalue weighted by Gasteiger charge is 2.52. The molecule has 0 atom stereocenters. The molecule has 1 saturated heterocycles. The van der Waals surface area contributed by atoms with Gasteiger partial charge in [-0.1, -0.05) is 24.3 Å². The van der Waals surface area contributed by atoms with Gasteiger partial charge >= 0.3 is 7.12 Å². The van der Waals surface area contributed by atoms with Crippen molar-refractivity contribution in [2.24, 2.45) is 0 Å². The second kappa shape index (κ2) is 5.70. The number of hydrogen-bond donors (Lipinski definition) is 0. The van der Waals surface area contributed by atoms with Crippen molar-refractivity contribution in [2.75, 3.05) is 0 Å². The van der Waals surface area contributed by atoms with Crippen LogP contribution in [0.5, 0.6) is 11.5 Å². The monoisotopic (exact) mass is 310 g/mol. The van der Waals surface area contributed by atoms with E-state index in [2.05, 4.69) is 34.6 Å². The van der Waals surface area contributed by atoms with Gasteiger partial charge in [-0.3, -0.25) is 0 Å². The molecular weight excluding hydrogens is 287 g/mol. The molecular formula is C19H23BO3. The van der Waals surface area contributed by atoms with Gasteiger partial charge in [0.1, 0.15) is 11.5 Å². The van der Waals surface area contributed by atoms with Crippen LogP contribution in [0.1, 0.15) is 33.3 Å². The first-order chi connectivity index (χ1) is 10.8. The van der Waals surface area contributed by atoms with E-state index in [4.69, 9.17) is 14.0 Å². The molecule has 0 aliphatic carbocycles. The topological polar surface area (TPSA) is 27.7 Å². The molecule has 0 saturated carbocycles. The Kier molecular flexibility index (Phi) is 3.99. The van der Waals surface area contributed by atoms with Crippen molar-refractivity contribution >= 4 is 12.6 Å². The first-order valence-electron chi connectivity index (χ1n) is 7.98. The Morgan fingerprint density at radius 3 is 2.00 bits per heavy atom. The predicted molar refractivity (Wildman–Crippen MR) is 93.4 cm³/mol. The summed E-state index contributed by atoms with van der Waals surface area (Å²) >= 11 is 0. The van der Waals surface area contributed by atoms with Crippen LogP contribution >= 0.6 is 0 Å². The molecule has 4 heteroatoms. The van der Waals surface area contributed by atoms with Crippen molar-refractivity contribution in [3.8, 4) is 11.5 Å². The van der Waals surface area contributed by atoms with E-state index in [-0.39, 0.29) is 18.3 Å². The predicted octanol–water partition coefficient (Wildman–Crippen LogP) is 4.09. The maximum absolute atomic E-state index is 6.13. The summed E-state index contributed by atoms with van der Waals surface area (Å²) in [6.45, 7) is 10.3. The third-order valence-electron chi connectivity index (χ3n) is 4.73. The molecule has 1 fully saturated rings. The Labute approximate surface area is 138 Å². The van der Waals surface area contributed by atoms with Gasteiger partial charge in [0, 0.05) is 0 Å². The fourth-order valence-electron chi connectivity index (χ4n) is 2.57. The molecule has 1 aliphatic rings. The Balaban J connectivity index is 1.81. The Bertz CT molecular complexity index is 679. The third kappa shape index (κ3) is 3.14. The van der Waals surface area contributed by atoms with E-state index in [1.807, 2.05) is 48.5 Å². The third-order valence-corrected chi connectivity index (χ3v) is 4.73. The molecule has 2 aromatic carbocycles. The number of hydrogen-bond acceptors (Lipinski definition) is 3. The number of benzene rings is 2. The number of aryl methyl sites for hydroxylation is 1. The zero-order valence-electron chi connectivity index (χ0n) is 14.4. The maximum Gasteiger partial charge on any atom is 0.495 e. The van der Waals surface area contributed by atoms with Crippen molar-refractivity contribution in [1.29, 1.82) is 0 Å². The highest BCUT2D eigenvalue weighted by Crippen LogP contribution is 2.36. The van der Waals surface area contributed by atoms with Crippen LogP contribution < -0.4 is 10.2 Å². The molecule has 1 aliphatic heterocycles. The summed E-state index contributed by atoms with van der Waals surface area (Å²) in [4.78, 5) is 0. The largest absolute Gasteiger partial charge is 0.495 e. The molecule has 0 radical (unpaired) electrons. The molecule has 1 heterocycles. The average molecular weight is 310 g/mol. The molecule has 2 aromatic rings. The lowest BCUT2D eigenvalue weighted by Crippen LogP contribution is -2.41. The molecule has 0 bridgehead atoms. The molecule has 3 rings (SSSR count). The maximum atomic E-state index is 6.13. The molecule has 23 heavy (non-hydrogen) atoms. The van der Waals surface area contributed by atoms with Gasteiger partial charge in [-0.05, 0) is 69.9 Å². The summed E-state index contributed by atoms with van der Waals surface area (Å²) in [5, 5.41) is 0. The molecule has 3 nitrogen and oxygen atoms in total. The summed E-state index contributed by atoms with van der Waals surface area (Å²) in [5.41, 5.74) is 1.48. The summed E-state index contributed by atoms with van der Waals surface area (Å²) in [6.07, 6.45) is 0. The van der Waals surface area contributed by atoms with Gasteiger partial charge in [-0.15, -0.1) is 0 Å². The van der Waals surface area contributed by atoms with Crippen molar-refractivity contribution in [3.63, 3.8) is 0 Å². The van der Waals surface area contributed by atoms with Crippen LogP contribution in [0.2, 0.25) is 0 Å². The van der Waals surface area contributed by atoms with Crippen LogP contribution in [0.25, 0.3) is 0 Å². The minimum atomic E-state index is -0.342. The smallest absolute Gasteiger partial charge is 0.457 e. The molecule has 0 unspecified atom stereocenters. The van der Waals surface area contributed by atoms with E-state index in [1.54, 1.807) is 0 Å². The van der Waals surface area contributed by atoms with Crippen LogP contribution in [0, 0.1) is 6.92 Å². The van der Waals surface area contributed by atoms with Crippen LogP contribution in [-0.2, 0) is 9.31 Å². The van der Waals surface area contributed by atoms with Gasteiger partial charge in [-0.2, -0.15) is 0 Å². The second-order valence-corrected chi connectivity index (χ2v) is 7.02. The lowest BCUT2D eigenvalue weighted by Gasteiger charge is -2.32. The van der Waals surface area contributed by atoms with E-state index in [9.17, 15) is 0 Å². The molecule has 0 spiro atoms. The standard InChI is InChI=1S/C19H23BO3/c1-14-13-16(21-15-9-7-6-8-10-15)11-12-17(14)20-22-18(2,3)19(4,5)23-20/h6-13H,1-5H3. The summed E-state index contributed by atoms with van der Waals surface area (Å²) in [6, 6.07) is 15.8.